The van der Waals surface area contributed by atoms with Crippen molar-refractivity contribution >= 4 is 32.3 Å². The third-order valence-corrected chi connectivity index (χ3v) is 8.85. The fraction of sp³-hybridized carbons (Fsp3) is 0.323. The number of benzene rings is 3. The Morgan fingerprint density at radius 3 is 2.61 bits per heavy atom. The summed E-state index contributed by atoms with van der Waals surface area (Å²) in [4.78, 5) is 4.81. The maximum Gasteiger partial charge on any atom is 0.217 e. The number of fused-ring (bicyclic) bond motifs is 1. The summed E-state index contributed by atoms with van der Waals surface area (Å²) >= 11 is 6.39. The van der Waals surface area contributed by atoms with Crippen LogP contribution in [0.4, 0.5) is 8.78 Å². The minimum absolute atomic E-state index is 0. The van der Waals surface area contributed by atoms with Gasteiger partial charge in [-0.3, -0.25) is 0 Å². The van der Waals surface area contributed by atoms with Crippen LogP contribution < -0.4 is 10.1 Å². The van der Waals surface area contributed by atoms with Gasteiger partial charge in [-0.1, -0.05) is 37.2 Å². The quantitative estimate of drug-likeness (QED) is 0.267. The number of ether oxygens (including phenoxy) is 1. The third kappa shape index (κ3) is 6.54. The molecule has 0 spiro atoms. The number of nitrogens with zero attached hydrogens (tertiary/aromatic N) is 1. The Hall–Kier alpha value is -3.11. The lowest BCUT2D eigenvalue weighted by Crippen LogP contribution is -2.52. The van der Waals surface area contributed by atoms with Crippen LogP contribution in [0.1, 0.15) is 42.9 Å². The standard InChI is InChI=1S/C30H29ClF2N2O4S.CH4/c1-39-29-25(15-20-14-24(40(2,37)38)8-9-27(20)35-29)28(19-4-3-5-21(31)12-19)30(36)10-11-34-23(17-30)13-18-6-7-22(32)16-26(18)33;/h3-9,12,14-16,23,28,34,36H,10-11,13,17H2,1-2H3;1H4. The number of aliphatic hydroxyl groups is 1. The number of hydrogen-bond donors (Lipinski definition) is 2. The van der Waals surface area contributed by atoms with Gasteiger partial charge in [-0.2, -0.15) is 0 Å². The van der Waals surface area contributed by atoms with Crippen molar-refractivity contribution in [3.05, 3.63) is 100 Å². The van der Waals surface area contributed by atoms with Crippen LogP contribution in [-0.2, 0) is 16.3 Å². The molecule has 2 heterocycles. The average molecular weight is 603 g/mol. The Labute approximate surface area is 244 Å². The molecule has 41 heavy (non-hydrogen) atoms. The van der Waals surface area contributed by atoms with Crippen molar-refractivity contribution in [1.29, 1.82) is 0 Å². The summed E-state index contributed by atoms with van der Waals surface area (Å²) < 4.78 is 58.2. The van der Waals surface area contributed by atoms with Crippen molar-refractivity contribution in [1.82, 2.24) is 10.3 Å². The highest BCUT2D eigenvalue weighted by Gasteiger charge is 2.44. The van der Waals surface area contributed by atoms with Crippen LogP contribution in [0.3, 0.4) is 0 Å². The molecule has 5 rings (SSSR count). The van der Waals surface area contributed by atoms with E-state index in [0.29, 0.717) is 40.0 Å². The molecular weight excluding hydrogens is 570 g/mol. The van der Waals surface area contributed by atoms with E-state index in [1.54, 1.807) is 36.4 Å². The molecule has 0 bridgehead atoms. The van der Waals surface area contributed by atoms with Crippen molar-refractivity contribution in [2.24, 2.45) is 0 Å². The molecule has 10 heteroatoms. The van der Waals surface area contributed by atoms with Gasteiger partial charge in [-0.15, -0.1) is 0 Å². The summed E-state index contributed by atoms with van der Waals surface area (Å²) in [6.45, 7) is 0.447. The Morgan fingerprint density at radius 1 is 1.15 bits per heavy atom. The van der Waals surface area contributed by atoms with Crippen LogP contribution >= 0.6 is 11.6 Å². The summed E-state index contributed by atoms with van der Waals surface area (Å²) in [6.07, 6.45) is 1.99. The minimum atomic E-state index is -3.46. The molecule has 3 unspecified atom stereocenters. The number of sulfone groups is 1. The van der Waals surface area contributed by atoms with Gasteiger partial charge in [0.25, 0.3) is 0 Å². The SMILES string of the molecule is C.COc1nc2ccc(S(C)(=O)=O)cc2cc1C(c1cccc(Cl)c1)C1(O)CCNC(Cc2ccc(F)cc2F)C1. The topological polar surface area (TPSA) is 88.5 Å². The van der Waals surface area contributed by atoms with Gasteiger partial charge in [-0.25, -0.2) is 22.2 Å². The van der Waals surface area contributed by atoms with Gasteiger partial charge >= 0.3 is 0 Å². The molecule has 3 aromatic carbocycles. The maximum absolute atomic E-state index is 14.5. The molecule has 3 atom stereocenters. The monoisotopic (exact) mass is 602 g/mol. The van der Waals surface area contributed by atoms with Crippen LogP contribution in [-0.4, -0.2) is 50.1 Å². The Bertz CT molecular complexity index is 1680. The molecule has 6 nitrogen and oxygen atoms in total. The Balaban J connectivity index is 0.00000387. The number of aromatic nitrogens is 1. The number of methoxy groups -OCH3 is 1. The first-order valence-corrected chi connectivity index (χ1v) is 15.1. The summed E-state index contributed by atoms with van der Waals surface area (Å²) in [7, 11) is -1.97. The largest absolute Gasteiger partial charge is 0.481 e. The molecule has 0 aliphatic carbocycles. The van der Waals surface area contributed by atoms with E-state index >= 15 is 0 Å². The molecule has 1 aliphatic heterocycles. The van der Waals surface area contributed by atoms with Crippen LogP contribution in [0.25, 0.3) is 10.9 Å². The number of halogens is 3. The van der Waals surface area contributed by atoms with E-state index in [0.717, 1.165) is 17.9 Å². The van der Waals surface area contributed by atoms with Crippen molar-refractivity contribution in [3.63, 3.8) is 0 Å². The molecule has 1 fully saturated rings. The van der Waals surface area contributed by atoms with E-state index < -0.39 is 33.0 Å². The number of rotatable bonds is 7. The lowest BCUT2D eigenvalue weighted by atomic mass is 9.70. The lowest BCUT2D eigenvalue weighted by Gasteiger charge is -2.43. The van der Waals surface area contributed by atoms with E-state index in [2.05, 4.69) is 10.3 Å². The molecule has 0 radical (unpaired) electrons. The van der Waals surface area contributed by atoms with Gasteiger partial charge in [0, 0.05) is 40.3 Å². The lowest BCUT2D eigenvalue weighted by molar-refractivity contribution is -0.0191. The van der Waals surface area contributed by atoms with Crippen molar-refractivity contribution in [2.75, 3.05) is 19.9 Å². The second kappa shape index (κ2) is 12.0. The highest BCUT2D eigenvalue weighted by atomic mass is 35.5. The maximum atomic E-state index is 14.5. The van der Waals surface area contributed by atoms with E-state index in [1.165, 1.54) is 25.3 Å². The van der Waals surface area contributed by atoms with Crippen molar-refractivity contribution < 1.29 is 27.0 Å². The first-order valence-electron chi connectivity index (χ1n) is 12.8. The highest BCUT2D eigenvalue weighted by molar-refractivity contribution is 7.90. The molecule has 1 aliphatic rings. The van der Waals surface area contributed by atoms with Gasteiger partial charge in [0.2, 0.25) is 5.88 Å². The zero-order valence-corrected chi connectivity index (χ0v) is 23.6. The van der Waals surface area contributed by atoms with Crippen molar-refractivity contribution in [2.45, 2.75) is 49.1 Å². The van der Waals surface area contributed by atoms with Gasteiger partial charge < -0.3 is 15.2 Å². The average Bonchev–Trinajstić information content (AvgIpc) is 2.89. The van der Waals surface area contributed by atoms with Crippen LogP contribution in [0.2, 0.25) is 5.02 Å². The summed E-state index contributed by atoms with van der Waals surface area (Å²) in [5.41, 5.74) is 0.843. The van der Waals surface area contributed by atoms with E-state index in [-0.39, 0.29) is 37.1 Å². The summed E-state index contributed by atoms with van der Waals surface area (Å²) in [6, 6.07) is 16.8. The minimum Gasteiger partial charge on any atom is -0.481 e. The first kappa shape index (κ1) is 30.8. The predicted molar refractivity (Wildman–Crippen MR) is 157 cm³/mol. The van der Waals surface area contributed by atoms with E-state index in [1.807, 2.05) is 6.07 Å². The fourth-order valence-electron chi connectivity index (χ4n) is 5.67. The third-order valence-electron chi connectivity index (χ3n) is 7.50. The van der Waals surface area contributed by atoms with Crippen LogP contribution in [0.5, 0.6) is 5.88 Å². The number of hydrogen-bond acceptors (Lipinski definition) is 6. The highest BCUT2D eigenvalue weighted by Crippen LogP contribution is 2.45. The summed E-state index contributed by atoms with van der Waals surface area (Å²) in [5.74, 6) is -1.66. The Kier molecular flexibility index (Phi) is 9.04. The smallest absolute Gasteiger partial charge is 0.217 e. The molecule has 4 aromatic rings. The van der Waals surface area contributed by atoms with E-state index in [9.17, 15) is 22.3 Å². The molecule has 2 N–H and O–H groups in total. The molecule has 0 saturated carbocycles. The van der Waals surface area contributed by atoms with Gasteiger partial charge in [0.1, 0.15) is 11.6 Å². The van der Waals surface area contributed by atoms with Gasteiger partial charge in [0.15, 0.2) is 9.84 Å². The molecule has 1 saturated heterocycles. The predicted octanol–water partition coefficient (Wildman–Crippen LogP) is 6.07. The second-order valence-electron chi connectivity index (χ2n) is 10.4. The molecule has 0 amide bonds. The number of pyridine rings is 1. The second-order valence-corrected chi connectivity index (χ2v) is 12.8. The molecule has 218 valence electrons. The zero-order valence-electron chi connectivity index (χ0n) is 22.0. The van der Waals surface area contributed by atoms with Gasteiger partial charge in [-0.05, 0) is 79.4 Å². The summed E-state index contributed by atoms with van der Waals surface area (Å²) in [5, 5.41) is 16.8. The normalized spacial score (nSPS) is 19.9. The molecular formula is C31H33ClF2N2O4S. The van der Waals surface area contributed by atoms with Crippen LogP contribution in [0, 0.1) is 11.6 Å². The number of nitrogens with one attached hydrogen (secondary N) is 1. The van der Waals surface area contributed by atoms with Crippen molar-refractivity contribution in [3.8, 4) is 5.88 Å². The van der Waals surface area contributed by atoms with E-state index in [4.69, 9.17) is 16.3 Å². The Morgan fingerprint density at radius 2 is 1.93 bits per heavy atom. The number of piperidine rings is 1. The van der Waals surface area contributed by atoms with Crippen LogP contribution in [0.15, 0.2) is 71.6 Å². The first-order chi connectivity index (χ1) is 19.0. The zero-order chi connectivity index (χ0) is 28.7. The molecule has 1 aromatic heterocycles. The fourth-order valence-corrected chi connectivity index (χ4v) is 6.53. The van der Waals surface area contributed by atoms with Gasteiger partial charge in [0.05, 0.1) is 23.1 Å².